The molecule has 1 aliphatic heterocycles. The molecule has 6 nitrogen and oxygen atoms in total. The fourth-order valence-corrected chi connectivity index (χ4v) is 3.48. The molecule has 2 rings (SSSR count). The Kier molecular flexibility index (Phi) is 6.21. The maximum atomic E-state index is 11.7. The van der Waals surface area contributed by atoms with Crippen LogP contribution < -0.4 is 15.4 Å². The molecule has 0 aliphatic carbocycles. The van der Waals surface area contributed by atoms with E-state index in [-0.39, 0.29) is 29.1 Å². The maximum Gasteiger partial charge on any atom is 0.250 e. The van der Waals surface area contributed by atoms with Crippen LogP contribution in [0.15, 0.2) is 21.7 Å². The van der Waals surface area contributed by atoms with Gasteiger partial charge in [0.1, 0.15) is 4.21 Å². The Morgan fingerprint density at radius 2 is 2.21 bits per heavy atom. The van der Waals surface area contributed by atoms with Crippen LogP contribution in [0.4, 0.5) is 0 Å². The molecule has 1 amide bonds. The molecule has 1 aliphatic rings. The molecular weight excluding hydrogens is 310 g/mol. The Morgan fingerprint density at radius 1 is 1.47 bits per heavy atom. The molecule has 0 aromatic carbocycles. The van der Waals surface area contributed by atoms with Gasteiger partial charge in [0.25, 0.3) is 10.0 Å². The van der Waals surface area contributed by atoms with Crippen LogP contribution in [0, 0.1) is 5.92 Å². The van der Waals surface area contributed by atoms with E-state index in [1.54, 1.807) is 11.4 Å². The van der Waals surface area contributed by atoms with Crippen molar-refractivity contribution in [2.45, 2.75) is 4.21 Å². The van der Waals surface area contributed by atoms with Gasteiger partial charge in [-0.05, 0) is 11.4 Å². The summed E-state index contributed by atoms with van der Waals surface area (Å²) in [6, 6.07) is 3.16. The second kappa shape index (κ2) is 7.20. The van der Waals surface area contributed by atoms with Gasteiger partial charge in [0, 0.05) is 25.6 Å². The van der Waals surface area contributed by atoms with E-state index in [0.717, 1.165) is 24.4 Å². The number of amides is 1. The molecule has 19 heavy (non-hydrogen) atoms. The minimum Gasteiger partial charge on any atom is -0.355 e. The summed E-state index contributed by atoms with van der Waals surface area (Å²) >= 11 is 1.12. The van der Waals surface area contributed by atoms with Crippen LogP contribution >= 0.6 is 23.7 Å². The van der Waals surface area contributed by atoms with Gasteiger partial charge in [0.05, 0.1) is 6.54 Å². The summed E-state index contributed by atoms with van der Waals surface area (Å²) < 4.78 is 25.9. The van der Waals surface area contributed by atoms with E-state index < -0.39 is 10.0 Å². The minimum absolute atomic E-state index is 0. The average molecular weight is 326 g/mol. The molecule has 3 N–H and O–H groups in total. The molecule has 0 radical (unpaired) electrons. The third kappa shape index (κ3) is 4.73. The summed E-state index contributed by atoms with van der Waals surface area (Å²) in [7, 11) is -3.55. The molecule has 0 atom stereocenters. The Balaban J connectivity index is 0.00000180. The number of hydrogen-bond donors (Lipinski definition) is 3. The summed E-state index contributed by atoms with van der Waals surface area (Å²) in [5.41, 5.74) is 0. The van der Waals surface area contributed by atoms with E-state index in [4.69, 9.17) is 0 Å². The highest BCUT2D eigenvalue weighted by molar-refractivity contribution is 7.91. The van der Waals surface area contributed by atoms with Crippen molar-refractivity contribution in [2.75, 3.05) is 26.2 Å². The molecule has 0 saturated carbocycles. The van der Waals surface area contributed by atoms with Crippen molar-refractivity contribution in [2.24, 2.45) is 5.92 Å². The summed E-state index contributed by atoms with van der Waals surface area (Å²) in [6.45, 7) is 2.18. The van der Waals surface area contributed by atoms with Crippen molar-refractivity contribution in [3.8, 4) is 0 Å². The van der Waals surface area contributed by atoms with Crippen molar-refractivity contribution >= 4 is 39.7 Å². The molecule has 0 unspecified atom stereocenters. The van der Waals surface area contributed by atoms with Gasteiger partial charge in [-0.25, -0.2) is 13.1 Å². The number of halogens is 1. The van der Waals surface area contributed by atoms with Crippen molar-refractivity contribution < 1.29 is 13.2 Å². The molecule has 108 valence electrons. The summed E-state index contributed by atoms with van der Waals surface area (Å²) in [4.78, 5) is 11.4. The Hall–Kier alpha value is -0.670. The van der Waals surface area contributed by atoms with Gasteiger partial charge in [0.15, 0.2) is 0 Å². The number of thiophene rings is 1. The van der Waals surface area contributed by atoms with Crippen molar-refractivity contribution in [1.82, 2.24) is 15.4 Å². The maximum absolute atomic E-state index is 11.7. The normalized spacial score (nSPS) is 15.4. The molecule has 0 bridgehead atoms. The number of rotatable bonds is 6. The zero-order valence-corrected chi connectivity index (χ0v) is 12.5. The highest BCUT2D eigenvalue weighted by atomic mass is 35.5. The molecule has 2 heterocycles. The van der Waals surface area contributed by atoms with Crippen molar-refractivity contribution in [1.29, 1.82) is 0 Å². The van der Waals surface area contributed by atoms with Crippen molar-refractivity contribution in [3.05, 3.63) is 17.5 Å². The lowest BCUT2D eigenvalue weighted by molar-refractivity contribution is -0.120. The molecule has 1 aromatic heterocycles. The third-order valence-electron chi connectivity index (χ3n) is 2.64. The minimum atomic E-state index is -3.55. The van der Waals surface area contributed by atoms with E-state index in [2.05, 4.69) is 15.4 Å². The van der Waals surface area contributed by atoms with Gasteiger partial charge in [-0.1, -0.05) is 6.07 Å². The van der Waals surface area contributed by atoms with E-state index >= 15 is 0 Å². The molecule has 0 spiro atoms. The van der Waals surface area contributed by atoms with E-state index in [0.29, 0.717) is 12.5 Å². The largest absolute Gasteiger partial charge is 0.355 e. The van der Waals surface area contributed by atoms with Gasteiger partial charge in [-0.3, -0.25) is 4.79 Å². The summed E-state index contributed by atoms with van der Waals surface area (Å²) in [5, 5.41) is 7.48. The van der Waals surface area contributed by atoms with Gasteiger partial charge < -0.3 is 10.6 Å². The van der Waals surface area contributed by atoms with Crippen LogP contribution in [0.2, 0.25) is 0 Å². The fourth-order valence-electron chi connectivity index (χ4n) is 1.46. The van der Waals surface area contributed by atoms with Crippen LogP contribution in [-0.4, -0.2) is 40.5 Å². The number of sulfonamides is 1. The Labute approximate surface area is 122 Å². The molecular formula is C10H16ClN3O3S2. The van der Waals surface area contributed by atoms with Crippen LogP contribution in [0.5, 0.6) is 0 Å². The average Bonchev–Trinajstić information content (AvgIpc) is 2.78. The van der Waals surface area contributed by atoms with Crippen molar-refractivity contribution in [3.63, 3.8) is 0 Å². The van der Waals surface area contributed by atoms with Gasteiger partial charge in [0.2, 0.25) is 5.91 Å². The SMILES string of the molecule is Cl.O=C(CNS(=O)(=O)c1cccs1)NCC1CNC1. The molecule has 1 saturated heterocycles. The van der Waals surface area contributed by atoms with Crippen LogP contribution in [0.1, 0.15) is 0 Å². The number of carbonyl (C=O) groups excluding carboxylic acids is 1. The predicted octanol–water partition coefficient (Wildman–Crippen LogP) is -0.216. The second-order valence-corrected chi connectivity index (χ2v) is 7.03. The fraction of sp³-hybridized carbons (Fsp3) is 0.500. The summed E-state index contributed by atoms with van der Waals surface area (Å²) in [5.74, 6) is 0.157. The molecule has 9 heteroatoms. The van der Waals surface area contributed by atoms with Gasteiger partial charge in [-0.2, -0.15) is 0 Å². The van der Waals surface area contributed by atoms with Crippen LogP contribution in [0.25, 0.3) is 0 Å². The molecule has 1 aromatic rings. The Bertz CT molecular complexity index is 500. The van der Waals surface area contributed by atoms with Gasteiger partial charge in [-0.15, -0.1) is 23.7 Å². The van der Waals surface area contributed by atoms with Crippen LogP contribution in [-0.2, 0) is 14.8 Å². The van der Waals surface area contributed by atoms with E-state index in [1.807, 2.05) is 0 Å². The lowest BCUT2D eigenvalue weighted by atomic mass is 10.0. The summed E-state index contributed by atoms with van der Waals surface area (Å²) in [6.07, 6.45) is 0. The van der Waals surface area contributed by atoms with E-state index in [9.17, 15) is 13.2 Å². The van der Waals surface area contributed by atoms with Gasteiger partial charge >= 0.3 is 0 Å². The zero-order chi connectivity index (χ0) is 13.0. The monoisotopic (exact) mass is 325 g/mol. The first-order valence-electron chi connectivity index (χ1n) is 5.58. The predicted molar refractivity (Wildman–Crippen MR) is 76.1 cm³/mol. The first-order valence-corrected chi connectivity index (χ1v) is 7.95. The Morgan fingerprint density at radius 3 is 2.74 bits per heavy atom. The highest BCUT2D eigenvalue weighted by Crippen LogP contribution is 2.14. The van der Waals surface area contributed by atoms with E-state index in [1.165, 1.54) is 6.07 Å². The lowest BCUT2D eigenvalue weighted by Gasteiger charge is -2.27. The molecule has 1 fully saturated rings. The first-order chi connectivity index (χ1) is 8.58. The first kappa shape index (κ1) is 16.4. The third-order valence-corrected chi connectivity index (χ3v) is 5.44. The number of hydrogen-bond acceptors (Lipinski definition) is 5. The highest BCUT2D eigenvalue weighted by Gasteiger charge is 2.19. The zero-order valence-electron chi connectivity index (χ0n) is 10.1. The van der Waals surface area contributed by atoms with Crippen LogP contribution in [0.3, 0.4) is 0 Å². The lowest BCUT2D eigenvalue weighted by Crippen LogP contribution is -2.49. The second-order valence-electron chi connectivity index (χ2n) is 4.08. The number of nitrogens with one attached hydrogen (secondary N) is 3. The standard InChI is InChI=1S/C10H15N3O3S2.ClH/c14-9(12-6-8-4-11-5-8)7-13-18(15,16)10-2-1-3-17-10;/h1-3,8,11,13H,4-7H2,(H,12,14);1H. The number of carbonyl (C=O) groups is 1. The quantitative estimate of drug-likeness (QED) is 0.675. The topological polar surface area (TPSA) is 87.3 Å². The smallest absolute Gasteiger partial charge is 0.250 e.